The zero-order valence-electron chi connectivity index (χ0n) is 16.2. The van der Waals surface area contributed by atoms with Gasteiger partial charge in [-0.3, -0.25) is 9.59 Å². The van der Waals surface area contributed by atoms with Crippen molar-refractivity contribution in [3.63, 3.8) is 0 Å². The van der Waals surface area contributed by atoms with Crippen molar-refractivity contribution in [2.75, 3.05) is 6.61 Å². The molecule has 1 fully saturated rings. The smallest absolute Gasteiger partial charge is 0.258 e. The second-order valence-electron chi connectivity index (χ2n) is 7.53. The molecular weight excluding hydrogens is 328 g/mol. The molecule has 0 aliphatic heterocycles. The fourth-order valence-electron chi connectivity index (χ4n) is 3.42. The Morgan fingerprint density at radius 2 is 1.77 bits per heavy atom. The Hall–Kier alpha value is -2.04. The van der Waals surface area contributed by atoms with Gasteiger partial charge in [-0.25, -0.2) is 0 Å². The van der Waals surface area contributed by atoms with Crippen LogP contribution in [-0.2, 0) is 9.59 Å². The lowest BCUT2D eigenvalue weighted by Gasteiger charge is -2.30. The van der Waals surface area contributed by atoms with Crippen LogP contribution >= 0.6 is 0 Å². The first kappa shape index (κ1) is 20.3. The number of hydrogen-bond donors (Lipinski definition) is 2. The first-order chi connectivity index (χ1) is 12.5. The summed E-state index contributed by atoms with van der Waals surface area (Å²) in [5, 5.41) is 5.95. The molecule has 0 aromatic heterocycles. The van der Waals surface area contributed by atoms with Crippen molar-refractivity contribution >= 4 is 11.8 Å². The summed E-state index contributed by atoms with van der Waals surface area (Å²) in [6.45, 7) is 6.01. The summed E-state index contributed by atoms with van der Waals surface area (Å²) in [4.78, 5) is 24.8. The van der Waals surface area contributed by atoms with E-state index in [4.69, 9.17) is 4.74 Å². The fraction of sp³-hybridized carbons (Fsp3) is 0.619. The minimum atomic E-state index is -0.536. The maximum Gasteiger partial charge on any atom is 0.258 e. The zero-order chi connectivity index (χ0) is 18.9. The van der Waals surface area contributed by atoms with Crippen molar-refractivity contribution in [1.82, 2.24) is 10.6 Å². The van der Waals surface area contributed by atoms with E-state index in [9.17, 15) is 9.59 Å². The Labute approximate surface area is 156 Å². The van der Waals surface area contributed by atoms with Crippen LogP contribution in [0.2, 0.25) is 0 Å². The first-order valence-corrected chi connectivity index (χ1v) is 9.77. The van der Waals surface area contributed by atoms with Gasteiger partial charge in [0.15, 0.2) is 6.61 Å². The molecule has 0 heterocycles. The van der Waals surface area contributed by atoms with E-state index < -0.39 is 6.04 Å². The Morgan fingerprint density at radius 1 is 1.12 bits per heavy atom. The van der Waals surface area contributed by atoms with Gasteiger partial charge in [0.1, 0.15) is 11.8 Å². The highest BCUT2D eigenvalue weighted by Gasteiger charge is 2.28. The molecule has 2 amide bonds. The summed E-state index contributed by atoms with van der Waals surface area (Å²) in [7, 11) is 0. The maximum absolute atomic E-state index is 12.6. The van der Waals surface area contributed by atoms with Crippen LogP contribution in [0, 0.1) is 11.8 Å². The Bertz CT molecular complexity index is 566. The number of carbonyl (C=O) groups is 2. The minimum absolute atomic E-state index is 0.0163. The standard InChI is InChI=1S/C21H32N2O3/c1-4-16-10-12-17(13-11-16)22-21(25)20(15(2)3)23-19(24)14-26-18-8-6-5-7-9-18/h5-9,15-17,20H,4,10-14H2,1-3H3,(H,22,25)(H,23,24). The monoisotopic (exact) mass is 360 g/mol. The average Bonchev–Trinajstić information content (AvgIpc) is 2.65. The third kappa shape index (κ3) is 6.36. The van der Waals surface area contributed by atoms with E-state index in [1.807, 2.05) is 32.0 Å². The molecule has 144 valence electrons. The van der Waals surface area contributed by atoms with Gasteiger partial charge in [-0.2, -0.15) is 0 Å². The summed E-state index contributed by atoms with van der Waals surface area (Å²) in [6.07, 6.45) is 5.61. The summed E-state index contributed by atoms with van der Waals surface area (Å²) in [6, 6.07) is 8.88. The highest BCUT2D eigenvalue weighted by molar-refractivity contribution is 5.88. The quantitative estimate of drug-likeness (QED) is 0.747. The number of benzene rings is 1. The lowest BCUT2D eigenvalue weighted by Crippen LogP contribution is -2.53. The third-order valence-electron chi connectivity index (χ3n) is 5.15. The van der Waals surface area contributed by atoms with Gasteiger partial charge in [0.2, 0.25) is 5.91 Å². The van der Waals surface area contributed by atoms with Crippen molar-refractivity contribution in [2.45, 2.75) is 65.0 Å². The topological polar surface area (TPSA) is 67.4 Å². The number of hydrogen-bond acceptors (Lipinski definition) is 3. The van der Waals surface area contributed by atoms with E-state index in [1.54, 1.807) is 12.1 Å². The fourth-order valence-corrected chi connectivity index (χ4v) is 3.42. The molecule has 5 nitrogen and oxygen atoms in total. The molecule has 5 heteroatoms. The van der Waals surface area contributed by atoms with Gasteiger partial charge in [-0.1, -0.05) is 45.4 Å². The van der Waals surface area contributed by atoms with Crippen LogP contribution < -0.4 is 15.4 Å². The van der Waals surface area contributed by atoms with Crippen LogP contribution in [0.3, 0.4) is 0 Å². The Morgan fingerprint density at radius 3 is 2.35 bits per heavy atom. The zero-order valence-corrected chi connectivity index (χ0v) is 16.2. The largest absolute Gasteiger partial charge is 0.484 e. The van der Waals surface area contributed by atoms with Gasteiger partial charge >= 0.3 is 0 Å². The van der Waals surface area contributed by atoms with E-state index in [2.05, 4.69) is 17.6 Å². The van der Waals surface area contributed by atoms with Crippen molar-refractivity contribution in [1.29, 1.82) is 0 Å². The molecule has 1 saturated carbocycles. The van der Waals surface area contributed by atoms with Crippen LogP contribution in [0.4, 0.5) is 0 Å². The predicted molar refractivity (Wildman–Crippen MR) is 103 cm³/mol. The number of amides is 2. The molecule has 2 N–H and O–H groups in total. The molecule has 0 bridgehead atoms. The molecule has 26 heavy (non-hydrogen) atoms. The van der Waals surface area contributed by atoms with E-state index in [-0.39, 0.29) is 30.4 Å². The van der Waals surface area contributed by atoms with Crippen molar-refractivity contribution in [3.05, 3.63) is 30.3 Å². The summed E-state index contributed by atoms with van der Waals surface area (Å²) in [5.74, 6) is 1.08. The van der Waals surface area contributed by atoms with Crippen molar-refractivity contribution in [3.8, 4) is 5.75 Å². The molecule has 2 rings (SSSR count). The van der Waals surface area contributed by atoms with Gasteiger partial charge in [-0.05, 0) is 49.7 Å². The predicted octanol–water partition coefficient (Wildman–Crippen LogP) is 3.29. The number of rotatable bonds is 8. The average molecular weight is 360 g/mol. The van der Waals surface area contributed by atoms with Gasteiger partial charge in [0.05, 0.1) is 0 Å². The van der Waals surface area contributed by atoms with Crippen LogP contribution in [0.1, 0.15) is 52.9 Å². The second-order valence-corrected chi connectivity index (χ2v) is 7.53. The highest BCUT2D eigenvalue weighted by Crippen LogP contribution is 2.26. The van der Waals surface area contributed by atoms with Gasteiger partial charge in [-0.15, -0.1) is 0 Å². The molecule has 1 atom stereocenters. The highest BCUT2D eigenvalue weighted by atomic mass is 16.5. The van der Waals surface area contributed by atoms with E-state index in [1.165, 1.54) is 19.3 Å². The summed E-state index contributed by atoms with van der Waals surface area (Å²) < 4.78 is 5.46. The van der Waals surface area contributed by atoms with Crippen LogP contribution in [0.5, 0.6) is 5.75 Å². The second kappa shape index (κ2) is 10.2. The van der Waals surface area contributed by atoms with Gasteiger partial charge in [0, 0.05) is 6.04 Å². The van der Waals surface area contributed by atoms with Gasteiger partial charge in [0.25, 0.3) is 5.91 Å². The number of ether oxygens (including phenoxy) is 1. The van der Waals surface area contributed by atoms with Crippen LogP contribution in [0.25, 0.3) is 0 Å². The molecule has 1 aliphatic rings. The van der Waals surface area contributed by atoms with Crippen LogP contribution in [-0.4, -0.2) is 30.5 Å². The van der Waals surface area contributed by atoms with E-state index >= 15 is 0 Å². The third-order valence-corrected chi connectivity index (χ3v) is 5.15. The molecule has 0 radical (unpaired) electrons. The summed E-state index contributed by atoms with van der Waals surface area (Å²) in [5.41, 5.74) is 0. The van der Waals surface area contributed by atoms with Crippen LogP contribution in [0.15, 0.2) is 30.3 Å². The maximum atomic E-state index is 12.6. The van der Waals surface area contributed by atoms with Crippen molar-refractivity contribution < 1.29 is 14.3 Å². The minimum Gasteiger partial charge on any atom is -0.484 e. The Balaban J connectivity index is 1.81. The Kier molecular flexibility index (Phi) is 7.95. The number of nitrogens with one attached hydrogen (secondary N) is 2. The summed E-state index contributed by atoms with van der Waals surface area (Å²) >= 11 is 0. The molecule has 1 aliphatic carbocycles. The molecular formula is C21H32N2O3. The molecule has 0 spiro atoms. The number of para-hydroxylation sites is 1. The lowest BCUT2D eigenvalue weighted by atomic mass is 9.84. The molecule has 1 aromatic rings. The van der Waals surface area contributed by atoms with Gasteiger partial charge < -0.3 is 15.4 Å². The number of carbonyl (C=O) groups excluding carboxylic acids is 2. The molecule has 1 aromatic carbocycles. The first-order valence-electron chi connectivity index (χ1n) is 9.77. The normalized spacial score (nSPS) is 21.1. The molecule has 0 saturated heterocycles. The van der Waals surface area contributed by atoms with E-state index in [0.29, 0.717) is 5.75 Å². The van der Waals surface area contributed by atoms with E-state index in [0.717, 1.165) is 18.8 Å². The van der Waals surface area contributed by atoms with Crippen molar-refractivity contribution in [2.24, 2.45) is 11.8 Å². The SMILES string of the molecule is CCC1CCC(NC(=O)C(NC(=O)COc2ccccc2)C(C)C)CC1. The lowest BCUT2D eigenvalue weighted by molar-refractivity contribution is -0.131. The molecule has 1 unspecified atom stereocenters.